The molecule has 32 heavy (non-hydrogen) atoms. The largest absolute Gasteiger partial charge is 0.347 e. The molecule has 2 heterocycles. The van der Waals surface area contributed by atoms with Crippen LogP contribution in [0.5, 0.6) is 0 Å². The van der Waals surface area contributed by atoms with Gasteiger partial charge in [-0.2, -0.15) is 0 Å². The highest BCUT2D eigenvalue weighted by Crippen LogP contribution is 2.26. The second kappa shape index (κ2) is 9.83. The fraction of sp³-hybridized carbons (Fsp3) is 0.154. The second-order valence-corrected chi connectivity index (χ2v) is 7.64. The maximum absolute atomic E-state index is 12.8. The number of nitrogens with one attached hydrogen (secondary N) is 2. The van der Waals surface area contributed by atoms with Crippen LogP contribution in [0.3, 0.4) is 0 Å². The Morgan fingerprint density at radius 2 is 1.69 bits per heavy atom. The first-order chi connectivity index (χ1) is 15.6. The van der Waals surface area contributed by atoms with Crippen molar-refractivity contribution in [2.24, 2.45) is 10.9 Å². The summed E-state index contributed by atoms with van der Waals surface area (Å²) in [6, 6.07) is 22.3. The van der Waals surface area contributed by atoms with Gasteiger partial charge < -0.3 is 10.6 Å². The number of rotatable bonds is 6. The number of allylic oxidation sites excluding steroid dienone is 1. The molecule has 0 radical (unpaired) electrons. The Morgan fingerprint density at radius 3 is 2.44 bits per heavy atom. The second-order valence-electron chi connectivity index (χ2n) is 7.64. The molecule has 0 bridgehead atoms. The van der Waals surface area contributed by atoms with Gasteiger partial charge >= 0.3 is 0 Å². The Bertz CT molecular complexity index is 1170. The Hall–Kier alpha value is -4.06. The number of carbonyl (C=O) groups is 2. The van der Waals surface area contributed by atoms with Gasteiger partial charge in [0, 0.05) is 29.8 Å². The highest BCUT2D eigenvalue weighted by Gasteiger charge is 2.23. The van der Waals surface area contributed by atoms with Crippen molar-refractivity contribution in [1.29, 1.82) is 0 Å². The van der Waals surface area contributed by atoms with Crippen LogP contribution in [-0.2, 0) is 11.3 Å². The zero-order valence-electron chi connectivity index (χ0n) is 17.8. The molecule has 6 nitrogen and oxygen atoms in total. The van der Waals surface area contributed by atoms with Crippen molar-refractivity contribution in [3.05, 3.63) is 102 Å². The van der Waals surface area contributed by atoms with E-state index in [1.54, 1.807) is 24.4 Å². The molecular weight excluding hydrogens is 400 g/mol. The lowest BCUT2D eigenvalue weighted by Gasteiger charge is -2.19. The van der Waals surface area contributed by atoms with Crippen LogP contribution in [0.2, 0.25) is 0 Å². The number of hydrogen-bond donors (Lipinski definition) is 2. The summed E-state index contributed by atoms with van der Waals surface area (Å²) in [6.07, 6.45) is 4.34. The summed E-state index contributed by atoms with van der Waals surface area (Å²) in [5.41, 5.74) is 3.59. The van der Waals surface area contributed by atoms with Crippen LogP contribution in [-0.4, -0.2) is 22.5 Å². The van der Waals surface area contributed by atoms with Gasteiger partial charge in [-0.15, -0.1) is 0 Å². The van der Waals surface area contributed by atoms with Gasteiger partial charge in [0.2, 0.25) is 0 Å². The maximum atomic E-state index is 12.8. The highest BCUT2D eigenvalue weighted by molar-refractivity contribution is 6.40. The van der Waals surface area contributed by atoms with E-state index in [2.05, 4.69) is 20.6 Å². The fourth-order valence-corrected chi connectivity index (χ4v) is 3.45. The van der Waals surface area contributed by atoms with Gasteiger partial charge in [-0.1, -0.05) is 61.5 Å². The molecule has 0 fully saturated rings. The van der Waals surface area contributed by atoms with Crippen molar-refractivity contribution in [3.63, 3.8) is 0 Å². The predicted octanol–water partition coefficient (Wildman–Crippen LogP) is 4.47. The third kappa shape index (κ3) is 5.16. The molecule has 4 rings (SSSR count). The first-order valence-corrected chi connectivity index (χ1v) is 10.5. The van der Waals surface area contributed by atoms with Gasteiger partial charge in [-0.25, -0.2) is 9.98 Å². The number of anilines is 1. The first-order valence-electron chi connectivity index (χ1n) is 10.5. The van der Waals surface area contributed by atoms with Crippen LogP contribution in [0.4, 0.5) is 5.82 Å². The molecule has 1 aromatic heterocycles. The van der Waals surface area contributed by atoms with Crippen LogP contribution in [0.15, 0.2) is 90.1 Å². The molecule has 6 heteroatoms. The third-order valence-electron chi connectivity index (χ3n) is 5.23. The van der Waals surface area contributed by atoms with Crippen LogP contribution in [0.25, 0.3) is 5.70 Å². The number of benzene rings is 2. The van der Waals surface area contributed by atoms with E-state index in [0.29, 0.717) is 35.8 Å². The summed E-state index contributed by atoms with van der Waals surface area (Å²) in [5, 5.41) is 5.77. The smallest absolute Gasteiger partial charge is 0.266 e. The Labute approximate surface area is 187 Å². The van der Waals surface area contributed by atoms with Gasteiger partial charge in [0.15, 0.2) is 0 Å². The van der Waals surface area contributed by atoms with E-state index in [1.807, 2.05) is 67.6 Å². The summed E-state index contributed by atoms with van der Waals surface area (Å²) < 4.78 is 0. The van der Waals surface area contributed by atoms with E-state index in [1.165, 1.54) is 0 Å². The molecule has 3 aromatic rings. The number of amides is 2. The zero-order valence-corrected chi connectivity index (χ0v) is 17.8. The van der Waals surface area contributed by atoms with E-state index in [4.69, 9.17) is 0 Å². The van der Waals surface area contributed by atoms with Crippen molar-refractivity contribution < 1.29 is 9.59 Å². The number of hydrogen-bond acceptors (Lipinski definition) is 4. The van der Waals surface area contributed by atoms with E-state index in [-0.39, 0.29) is 17.7 Å². The van der Waals surface area contributed by atoms with Gasteiger partial charge in [-0.05, 0) is 36.2 Å². The van der Waals surface area contributed by atoms with Gasteiger partial charge in [0.1, 0.15) is 11.5 Å². The molecule has 0 spiro atoms. The lowest BCUT2D eigenvalue weighted by molar-refractivity contribution is -0.115. The summed E-state index contributed by atoms with van der Waals surface area (Å²) in [4.78, 5) is 34.1. The molecule has 1 aliphatic heterocycles. The number of aromatic nitrogens is 1. The molecule has 0 saturated carbocycles. The normalized spacial score (nSPS) is 15.3. The highest BCUT2D eigenvalue weighted by atomic mass is 16.2. The quantitative estimate of drug-likeness (QED) is 0.612. The molecule has 160 valence electrons. The number of pyridine rings is 1. The van der Waals surface area contributed by atoms with Crippen molar-refractivity contribution in [1.82, 2.24) is 10.3 Å². The van der Waals surface area contributed by atoms with Crippen molar-refractivity contribution in [2.45, 2.75) is 19.9 Å². The molecule has 2 amide bonds. The molecular formula is C26H24N4O2. The predicted molar refractivity (Wildman–Crippen MR) is 126 cm³/mol. The van der Waals surface area contributed by atoms with Crippen molar-refractivity contribution >= 4 is 29.0 Å². The van der Waals surface area contributed by atoms with E-state index in [9.17, 15) is 9.59 Å². The molecule has 1 aliphatic rings. The molecule has 2 aromatic carbocycles. The van der Waals surface area contributed by atoms with Crippen LogP contribution in [0, 0.1) is 5.92 Å². The molecule has 0 saturated heterocycles. The minimum absolute atomic E-state index is 0.0219. The SMILES string of the molecule is CC1CC=C(c2ccnc(NC(=O)c3ccccc3)c2)N=C1C(=O)NCc1ccccc1. The number of nitrogens with zero attached hydrogens (tertiary/aromatic N) is 2. The topological polar surface area (TPSA) is 83.5 Å². The van der Waals surface area contributed by atoms with Crippen LogP contribution < -0.4 is 10.6 Å². The summed E-state index contributed by atoms with van der Waals surface area (Å²) in [7, 11) is 0. The minimum atomic E-state index is -0.231. The van der Waals surface area contributed by atoms with Gasteiger partial charge in [0.05, 0.1) is 5.70 Å². The zero-order chi connectivity index (χ0) is 22.3. The summed E-state index contributed by atoms with van der Waals surface area (Å²) >= 11 is 0. The Morgan fingerprint density at radius 1 is 0.969 bits per heavy atom. The van der Waals surface area contributed by atoms with E-state index < -0.39 is 0 Å². The van der Waals surface area contributed by atoms with E-state index >= 15 is 0 Å². The first kappa shape index (κ1) is 21.2. The number of carbonyl (C=O) groups excluding carboxylic acids is 2. The Balaban J connectivity index is 1.48. The molecule has 1 atom stereocenters. The molecule has 0 aliphatic carbocycles. The molecule has 1 unspecified atom stereocenters. The minimum Gasteiger partial charge on any atom is -0.347 e. The number of aliphatic imine (C=N–C) groups is 1. The monoisotopic (exact) mass is 424 g/mol. The van der Waals surface area contributed by atoms with Crippen LogP contribution >= 0.6 is 0 Å². The summed E-state index contributed by atoms with van der Waals surface area (Å²) in [6.45, 7) is 2.45. The van der Waals surface area contributed by atoms with E-state index in [0.717, 1.165) is 11.1 Å². The lowest BCUT2D eigenvalue weighted by atomic mass is 9.96. The fourth-order valence-electron chi connectivity index (χ4n) is 3.45. The Kier molecular flexibility index (Phi) is 6.51. The maximum Gasteiger partial charge on any atom is 0.266 e. The van der Waals surface area contributed by atoms with Crippen LogP contribution in [0.1, 0.15) is 34.8 Å². The average Bonchev–Trinajstić information content (AvgIpc) is 2.84. The lowest BCUT2D eigenvalue weighted by Crippen LogP contribution is -2.35. The van der Waals surface area contributed by atoms with Crippen molar-refractivity contribution in [2.75, 3.05) is 5.32 Å². The standard InChI is InChI=1S/C26H24N4O2/c1-18-12-13-22(29-24(18)26(32)28-17-19-8-4-2-5-9-19)21-14-15-27-23(16-21)30-25(31)20-10-6-3-7-11-20/h2-11,13-16,18H,12,17H2,1H3,(H,28,32)(H,27,30,31). The average molecular weight is 425 g/mol. The van der Waals surface area contributed by atoms with Gasteiger partial charge in [0.25, 0.3) is 11.8 Å². The van der Waals surface area contributed by atoms with Crippen molar-refractivity contribution in [3.8, 4) is 0 Å². The third-order valence-corrected chi connectivity index (χ3v) is 5.23. The molecule has 2 N–H and O–H groups in total. The summed E-state index contributed by atoms with van der Waals surface area (Å²) in [5.74, 6) is 0.0550. The van der Waals surface area contributed by atoms with Gasteiger partial charge in [-0.3, -0.25) is 9.59 Å².